The number of H-pyrrole nitrogens is 1. The van der Waals surface area contributed by atoms with Crippen molar-refractivity contribution in [1.82, 2.24) is 25.4 Å². The minimum absolute atomic E-state index is 0.425. The Morgan fingerprint density at radius 2 is 2.04 bits per heavy atom. The van der Waals surface area contributed by atoms with Gasteiger partial charge in [-0.1, -0.05) is 23.5 Å². The quantitative estimate of drug-likeness (QED) is 0.407. The summed E-state index contributed by atoms with van der Waals surface area (Å²) in [6.07, 6.45) is 5.40. The zero-order valence-corrected chi connectivity index (χ0v) is 14.9. The molecule has 3 heterocycles. The smallest absolute Gasteiger partial charge is 0.248 e. The van der Waals surface area contributed by atoms with Crippen molar-refractivity contribution in [2.24, 2.45) is 0 Å². The van der Waals surface area contributed by atoms with Gasteiger partial charge in [-0.25, -0.2) is 4.98 Å². The van der Waals surface area contributed by atoms with Gasteiger partial charge in [0.05, 0.1) is 23.0 Å². The standard InChI is InChI=1S/C16H13ClN6OS/c1-8-20-22-16(24-8)11-3-9(4-13-12(11)7-19-21-13)10-5-14(23-25-2)15(17)18-6-10/h3-7,23H,1-2H3,(H,19,21). The number of hydrogen-bond donors (Lipinski definition) is 2. The lowest BCUT2D eigenvalue weighted by atomic mass is 10.0. The highest BCUT2D eigenvalue weighted by Crippen LogP contribution is 2.34. The van der Waals surface area contributed by atoms with E-state index in [4.69, 9.17) is 16.0 Å². The fourth-order valence-electron chi connectivity index (χ4n) is 2.59. The Hall–Kier alpha value is -2.58. The molecule has 0 aliphatic carbocycles. The van der Waals surface area contributed by atoms with Gasteiger partial charge < -0.3 is 9.14 Å². The summed E-state index contributed by atoms with van der Waals surface area (Å²) < 4.78 is 8.73. The fourth-order valence-corrected chi connectivity index (χ4v) is 3.17. The van der Waals surface area contributed by atoms with Crippen molar-refractivity contribution in [3.05, 3.63) is 41.6 Å². The van der Waals surface area contributed by atoms with Crippen LogP contribution in [-0.2, 0) is 0 Å². The van der Waals surface area contributed by atoms with Crippen molar-refractivity contribution in [3.8, 4) is 22.6 Å². The van der Waals surface area contributed by atoms with Crippen LogP contribution in [0, 0.1) is 6.92 Å². The molecule has 9 heteroatoms. The van der Waals surface area contributed by atoms with Gasteiger partial charge >= 0.3 is 0 Å². The summed E-state index contributed by atoms with van der Waals surface area (Å²) in [6, 6.07) is 5.94. The summed E-state index contributed by atoms with van der Waals surface area (Å²) in [5.74, 6) is 0.965. The number of aromatic amines is 1. The first kappa shape index (κ1) is 15.9. The predicted octanol–water partition coefficient (Wildman–Crippen LogP) is 4.33. The van der Waals surface area contributed by atoms with E-state index in [0.717, 1.165) is 33.3 Å². The van der Waals surface area contributed by atoms with Crippen molar-refractivity contribution in [1.29, 1.82) is 0 Å². The van der Waals surface area contributed by atoms with Crippen LogP contribution in [0.3, 0.4) is 0 Å². The molecule has 0 aliphatic heterocycles. The average molecular weight is 373 g/mol. The summed E-state index contributed by atoms with van der Waals surface area (Å²) in [7, 11) is 0. The van der Waals surface area contributed by atoms with Crippen LogP contribution in [0.4, 0.5) is 5.69 Å². The average Bonchev–Trinajstić information content (AvgIpc) is 3.25. The first-order valence-electron chi connectivity index (χ1n) is 7.38. The highest BCUT2D eigenvalue weighted by atomic mass is 35.5. The lowest BCUT2D eigenvalue weighted by Gasteiger charge is -2.09. The number of halogens is 1. The molecule has 126 valence electrons. The molecule has 0 radical (unpaired) electrons. The number of pyridine rings is 1. The number of rotatable bonds is 4. The highest BCUT2D eigenvalue weighted by molar-refractivity contribution is 7.99. The normalized spacial score (nSPS) is 11.2. The molecule has 0 amide bonds. The minimum Gasteiger partial charge on any atom is -0.421 e. The van der Waals surface area contributed by atoms with Gasteiger partial charge in [0.15, 0.2) is 5.15 Å². The molecule has 25 heavy (non-hydrogen) atoms. The molecule has 4 rings (SSSR count). The number of fused-ring (bicyclic) bond motifs is 1. The molecule has 0 aliphatic rings. The van der Waals surface area contributed by atoms with Crippen LogP contribution in [0.2, 0.25) is 5.15 Å². The predicted molar refractivity (Wildman–Crippen MR) is 99.5 cm³/mol. The number of aromatic nitrogens is 5. The minimum atomic E-state index is 0.425. The van der Waals surface area contributed by atoms with Gasteiger partial charge in [-0.2, -0.15) is 5.10 Å². The number of aryl methyl sites for hydroxylation is 1. The Balaban J connectivity index is 1.90. The Kier molecular flexibility index (Phi) is 4.06. The summed E-state index contributed by atoms with van der Waals surface area (Å²) in [6.45, 7) is 1.76. The third-order valence-electron chi connectivity index (χ3n) is 3.70. The van der Waals surface area contributed by atoms with Crippen molar-refractivity contribution < 1.29 is 4.42 Å². The Labute approximate surface area is 152 Å². The summed E-state index contributed by atoms with van der Waals surface area (Å²) >= 11 is 7.59. The zero-order chi connectivity index (χ0) is 17.4. The summed E-state index contributed by atoms with van der Waals surface area (Å²) in [4.78, 5) is 4.26. The molecule has 0 bridgehead atoms. The van der Waals surface area contributed by atoms with Crippen molar-refractivity contribution in [3.63, 3.8) is 0 Å². The van der Waals surface area contributed by atoms with Gasteiger partial charge in [0.2, 0.25) is 11.8 Å². The Morgan fingerprint density at radius 3 is 2.80 bits per heavy atom. The molecule has 0 unspecified atom stereocenters. The van der Waals surface area contributed by atoms with E-state index in [9.17, 15) is 0 Å². The van der Waals surface area contributed by atoms with Gasteiger partial charge in [0, 0.05) is 30.3 Å². The number of anilines is 1. The van der Waals surface area contributed by atoms with E-state index in [1.54, 1.807) is 19.3 Å². The highest BCUT2D eigenvalue weighted by Gasteiger charge is 2.15. The molecular weight excluding hydrogens is 360 g/mol. The van der Waals surface area contributed by atoms with Crippen LogP contribution in [0.5, 0.6) is 0 Å². The van der Waals surface area contributed by atoms with E-state index >= 15 is 0 Å². The molecule has 0 atom stereocenters. The van der Waals surface area contributed by atoms with Crippen molar-refractivity contribution in [2.45, 2.75) is 6.92 Å². The van der Waals surface area contributed by atoms with Gasteiger partial charge in [-0.15, -0.1) is 10.2 Å². The molecule has 2 N–H and O–H groups in total. The van der Waals surface area contributed by atoms with E-state index in [1.807, 2.05) is 24.5 Å². The van der Waals surface area contributed by atoms with Gasteiger partial charge in [-0.05, 0) is 23.8 Å². The molecule has 4 aromatic rings. The SMILES string of the molecule is CSNc1cc(-c2cc(-c3nnc(C)o3)c3cn[nH]c3c2)cnc1Cl. The van der Waals surface area contributed by atoms with Crippen LogP contribution in [0.15, 0.2) is 35.0 Å². The number of nitrogens with one attached hydrogen (secondary N) is 2. The van der Waals surface area contributed by atoms with Gasteiger partial charge in [0.1, 0.15) is 0 Å². The van der Waals surface area contributed by atoms with E-state index in [2.05, 4.69) is 30.1 Å². The van der Waals surface area contributed by atoms with Gasteiger partial charge in [0.25, 0.3) is 0 Å². The van der Waals surface area contributed by atoms with E-state index in [-0.39, 0.29) is 0 Å². The number of hydrogen-bond acceptors (Lipinski definition) is 7. The van der Waals surface area contributed by atoms with Crippen LogP contribution < -0.4 is 4.72 Å². The molecule has 1 aromatic carbocycles. The topological polar surface area (TPSA) is 92.5 Å². The van der Waals surface area contributed by atoms with Gasteiger partial charge in [-0.3, -0.25) is 5.10 Å². The van der Waals surface area contributed by atoms with E-state index in [1.165, 1.54) is 11.9 Å². The molecule has 7 nitrogen and oxygen atoms in total. The molecule has 0 fully saturated rings. The van der Waals surface area contributed by atoms with Crippen LogP contribution >= 0.6 is 23.5 Å². The molecule has 0 saturated carbocycles. The molecule has 0 spiro atoms. The van der Waals surface area contributed by atoms with Crippen molar-refractivity contribution >= 4 is 40.1 Å². The molecule has 3 aromatic heterocycles. The van der Waals surface area contributed by atoms with Crippen LogP contribution in [0.25, 0.3) is 33.5 Å². The number of benzene rings is 1. The van der Waals surface area contributed by atoms with Crippen LogP contribution in [0.1, 0.15) is 5.89 Å². The lowest BCUT2D eigenvalue weighted by Crippen LogP contribution is -1.91. The fraction of sp³-hybridized carbons (Fsp3) is 0.125. The third-order valence-corrected chi connectivity index (χ3v) is 4.42. The monoisotopic (exact) mass is 372 g/mol. The maximum absolute atomic E-state index is 6.13. The third kappa shape index (κ3) is 2.94. The first-order valence-corrected chi connectivity index (χ1v) is 8.98. The second-order valence-corrected chi connectivity index (χ2v) is 6.32. The maximum Gasteiger partial charge on any atom is 0.248 e. The van der Waals surface area contributed by atoms with Crippen molar-refractivity contribution in [2.75, 3.05) is 11.0 Å². The summed E-state index contributed by atoms with van der Waals surface area (Å²) in [5, 5.41) is 16.5. The lowest BCUT2D eigenvalue weighted by molar-refractivity contribution is 0.533. The molecule has 0 saturated heterocycles. The van der Waals surface area contributed by atoms with E-state index in [0.29, 0.717) is 16.9 Å². The second-order valence-electron chi connectivity index (χ2n) is 5.35. The van der Waals surface area contributed by atoms with Crippen LogP contribution in [-0.4, -0.2) is 31.6 Å². The maximum atomic E-state index is 6.13. The Morgan fingerprint density at radius 1 is 1.16 bits per heavy atom. The molecular formula is C16H13ClN6OS. The summed E-state index contributed by atoms with van der Waals surface area (Å²) in [5.41, 5.74) is 4.30. The number of nitrogens with zero attached hydrogens (tertiary/aromatic N) is 4. The Bertz CT molecular complexity index is 1060. The zero-order valence-electron chi connectivity index (χ0n) is 13.4. The first-order chi connectivity index (χ1) is 12.2. The van der Waals surface area contributed by atoms with E-state index < -0.39 is 0 Å². The second kappa shape index (κ2) is 6.38. The largest absolute Gasteiger partial charge is 0.421 e.